The van der Waals surface area contributed by atoms with E-state index in [1.165, 1.54) is 25.7 Å². The molecular formula is C13H21N3O. The number of likely N-dealkylation sites (tertiary alicyclic amines) is 1. The Hall–Kier alpha value is -0.870. The summed E-state index contributed by atoms with van der Waals surface area (Å²) < 4.78 is 2.15. The van der Waals surface area contributed by atoms with E-state index in [1.807, 2.05) is 0 Å². The zero-order chi connectivity index (χ0) is 11.7. The zero-order valence-electron chi connectivity index (χ0n) is 10.3. The van der Waals surface area contributed by atoms with Crippen molar-refractivity contribution < 1.29 is 5.11 Å². The average Bonchev–Trinajstić information content (AvgIpc) is 3.00. The van der Waals surface area contributed by atoms with E-state index >= 15 is 0 Å². The van der Waals surface area contributed by atoms with Crippen LogP contribution >= 0.6 is 0 Å². The van der Waals surface area contributed by atoms with Crippen LogP contribution in [0.15, 0.2) is 12.3 Å². The average molecular weight is 235 g/mol. The minimum atomic E-state index is -0.132. The van der Waals surface area contributed by atoms with E-state index in [-0.39, 0.29) is 6.10 Å². The van der Waals surface area contributed by atoms with Crippen molar-refractivity contribution in [1.82, 2.24) is 14.7 Å². The lowest BCUT2D eigenvalue weighted by molar-refractivity contribution is 0.174. The van der Waals surface area contributed by atoms with Gasteiger partial charge in [0.05, 0.1) is 17.8 Å². The van der Waals surface area contributed by atoms with Crippen LogP contribution in [0.25, 0.3) is 0 Å². The minimum absolute atomic E-state index is 0.132. The van der Waals surface area contributed by atoms with E-state index < -0.39 is 0 Å². The van der Waals surface area contributed by atoms with Crippen LogP contribution in [0.1, 0.15) is 43.8 Å². The van der Waals surface area contributed by atoms with Crippen molar-refractivity contribution in [2.75, 3.05) is 13.1 Å². The Morgan fingerprint density at radius 3 is 2.82 bits per heavy atom. The second-order valence-electron chi connectivity index (χ2n) is 5.40. The number of β-amino-alcohol motifs (C(OH)–C–C–N with tert-alkyl or cyclic N) is 1. The molecule has 0 radical (unpaired) electrons. The second kappa shape index (κ2) is 4.78. The number of aliphatic hydroxyl groups is 1. The van der Waals surface area contributed by atoms with Gasteiger partial charge in [-0.25, -0.2) is 0 Å². The number of aromatic nitrogens is 2. The van der Waals surface area contributed by atoms with Crippen molar-refractivity contribution in [2.24, 2.45) is 0 Å². The van der Waals surface area contributed by atoms with Gasteiger partial charge < -0.3 is 5.11 Å². The number of nitrogens with zero attached hydrogens (tertiary/aromatic N) is 3. The van der Waals surface area contributed by atoms with Gasteiger partial charge in [-0.15, -0.1) is 0 Å². The molecule has 0 aromatic carbocycles. The van der Waals surface area contributed by atoms with Gasteiger partial charge in [0, 0.05) is 25.8 Å². The van der Waals surface area contributed by atoms with E-state index in [9.17, 15) is 5.11 Å². The van der Waals surface area contributed by atoms with Crippen LogP contribution in [0.5, 0.6) is 0 Å². The molecule has 2 heterocycles. The number of hydrogen-bond donors (Lipinski definition) is 1. The Morgan fingerprint density at radius 1 is 1.29 bits per heavy atom. The summed E-state index contributed by atoms with van der Waals surface area (Å²) in [6, 6.07) is 2.76. The van der Waals surface area contributed by atoms with Crippen LogP contribution < -0.4 is 0 Å². The van der Waals surface area contributed by atoms with Gasteiger partial charge in [0.1, 0.15) is 0 Å². The molecule has 3 rings (SSSR count). The third kappa shape index (κ3) is 2.53. The van der Waals surface area contributed by atoms with Crippen LogP contribution in [0.4, 0.5) is 0 Å². The molecule has 0 bridgehead atoms. The Kier molecular flexibility index (Phi) is 3.16. The first-order valence-electron chi connectivity index (χ1n) is 6.76. The van der Waals surface area contributed by atoms with Crippen LogP contribution in [0, 0.1) is 0 Å². The first-order chi connectivity index (χ1) is 8.31. The Balaban J connectivity index is 1.60. The predicted molar refractivity (Wildman–Crippen MR) is 65.6 cm³/mol. The number of aliphatic hydroxyl groups excluding tert-OH is 1. The van der Waals surface area contributed by atoms with Gasteiger partial charge in [-0.1, -0.05) is 12.8 Å². The van der Waals surface area contributed by atoms with Gasteiger partial charge in [-0.05, 0) is 25.3 Å². The maximum atomic E-state index is 9.49. The second-order valence-corrected chi connectivity index (χ2v) is 5.40. The maximum absolute atomic E-state index is 9.49. The van der Waals surface area contributed by atoms with E-state index in [4.69, 9.17) is 0 Å². The van der Waals surface area contributed by atoms with Crippen molar-refractivity contribution in [3.8, 4) is 0 Å². The van der Waals surface area contributed by atoms with Gasteiger partial charge in [-0.2, -0.15) is 5.10 Å². The fourth-order valence-electron chi connectivity index (χ4n) is 3.02. The molecule has 17 heavy (non-hydrogen) atoms. The lowest BCUT2D eigenvalue weighted by Gasteiger charge is -2.13. The molecule has 1 saturated carbocycles. The Bertz CT molecular complexity index is 370. The van der Waals surface area contributed by atoms with Crippen molar-refractivity contribution in [2.45, 2.75) is 50.8 Å². The molecule has 1 aliphatic carbocycles. The highest BCUT2D eigenvalue weighted by atomic mass is 16.3. The molecular weight excluding hydrogens is 214 g/mol. The third-order valence-electron chi connectivity index (χ3n) is 4.00. The standard InChI is InChI=1S/C13H21N3O/c17-13-6-7-15(10-13)9-11-5-8-16(14-11)12-3-1-2-4-12/h5,8,12-13,17H,1-4,6-7,9-10H2/t13-/m0/s1. The highest BCUT2D eigenvalue weighted by Gasteiger charge is 2.22. The molecule has 0 spiro atoms. The minimum Gasteiger partial charge on any atom is -0.392 e. The summed E-state index contributed by atoms with van der Waals surface area (Å²) in [4.78, 5) is 2.28. The SMILES string of the molecule is O[C@H]1CCN(Cc2ccn(C3CCCC3)n2)C1. The van der Waals surface area contributed by atoms with E-state index in [0.717, 1.165) is 31.7 Å². The largest absolute Gasteiger partial charge is 0.392 e. The van der Waals surface area contributed by atoms with Gasteiger partial charge in [0.25, 0.3) is 0 Å². The van der Waals surface area contributed by atoms with Gasteiger partial charge in [0.15, 0.2) is 0 Å². The quantitative estimate of drug-likeness (QED) is 0.864. The van der Waals surface area contributed by atoms with Crippen molar-refractivity contribution in [3.05, 3.63) is 18.0 Å². The third-order valence-corrected chi connectivity index (χ3v) is 4.00. The normalized spacial score (nSPS) is 27.0. The Morgan fingerprint density at radius 2 is 2.12 bits per heavy atom. The van der Waals surface area contributed by atoms with Gasteiger partial charge in [0.2, 0.25) is 0 Å². The first-order valence-corrected chi connectivity index (χ1v) is 6.76. The molecule has 1 saturated heterocycles. The molecule has 1 aromatic heterocycles. The maximum Gasteiger partial charge on any atom is 0.0764 e. The van der Waals surface area contributed by atoms with Gasteiger partial charge >= 0.3 is 0 Å². The molecule has 0 unspecified atom stereocenters. The summed E-state index contributed by atoms with van der Waals surface area (Å²) in [6.45, 7) is 2.69. The number of rotatable bonds is 3. The topological polar surface area (TPSA) is 41.3 Å². The fourth-order valence-corrected chi connectivity index (χ4v) is 3.02. The lowest BCUT2D eigenvalue weighted by atomic mass is 10.3. The van der Waals surface area contributed by atoms with Crippen LogP contribution in [0.2, 0.25) is 0 Å². The summed E-state index contributed by atoms with van der Waals surface area (Å²) in [5.74, 6) is 0. The van der Waals surface area contributed by atoms with Gasteiger partial charge in [-0.3, -0.25) is 9.58 Å². The Labute approximate surface area is 102 Å². The summed E-state index contributed by atoms with van der Waals surface area (Å²) >= 11 is 0. The highest BCUT2D eigenvalue weighted by Crippen LogP contribution is 2.28. The summed E-state index contributed by atoms with van der Waals surface area (Å²) in [5, 5.41) is 14.2. The molecule has 0 amide bonds. The summed E-state index contributed by atoms with van der Waals surface area (Å²) in [5.41, 5.74) is 1.14. The van der Waals surface area contributed by atoms with Crippen molar-refractivity contribution in [1.29, 1.82) is 0 Å². The van der Waals surface area contributed by atoms with Crippen molar-refractivity contribution >= 4 is 0 Å². The fraction of sp³-hybridized carbons (Fsp3) is 0.769. The first kappa shape index (κ1) is 11.2. The molecule has 1 aliphatic heterocycles. The molecule has 94 valence electrons. The van der Waals surface area contributed by atoms with Crippen LogP contribution in [-0.2, 0) is 6.54 Å². The van der Waals surface area contributed by atoms with E-state index in [0.29, 0.717) is 6.04 Å². The lowest BCUT2D eigenvalue weighted by Crippen LogP contribution is -2.22. The van der Waals surface area contributed by atoms with Crippen LogP contribution in [0.3, 0.4) is 0 Å². The summed E-state index contributed by atoms with van der Waals surface area (Å²) in [7, 11) is 0. The van der Waals surface area contributed by atoms with E-state index in [1.54, 1.807) is 0 Å². The van der Waals surface area contributed by atoms with E-state index in [2.05, 4.69) is 26.9 Å². The molecule has 2 fully saturated rings. The highest BCUT2D eigenvalue weighted by molar-refractivity contribution is 5.01. The predicted octanol–water partition coefficient (Wildman–Crippen LogP) is 1.56. The summed E-state index contributed by atoms with van der Waals surface area (Å²) in [6.07, 6.45) is 8.15. The molecule has 1 aromatic rings. The zero-order valence-corrected chi connectivity index (χ0v) is 10.3. The molecule has 1 atom stereocenters. The smallest absolute Gasteiger partial charge is 0.0764 e. The molecule has 4 heteroatoms. The monoisotopic (exact) mass is 235 g/mol. The van der Waals surface area contributed by atoms with Crippen LogP contribution in [-0.4, -0.2) is 39.0 Å². The molecule has 4 nitrogen and oxygen atoms in total. The molecule has 2 aliphatic rings. The van der Waals surface area contributed by atoms with Crippen molar-refractivity contribution in [3.63, 3.8) is 0 Å². The molecule has 1 N–H and O–H groups in total. The number of hydrogen-bond acceptors (Lipinski definition) is 3.